The van der Waals surface area contributed by atoms with Crippen molar-refractivity contribution in [2.45, 2.75) is 86.2 Å². The first-order valence-electron chi connectivity index (χ1n) is 18.7. The van der Waals surface area contributed by atoms with Crippen molar-refractivity contribution in [1.29, 1.82) is 0 Å². The number of hydrogen-bond acceptors (Lipinski definition) is 8. The maximum atomic E-state index is 13.9. The molecule has 1 aromatic heterocycles. The fourth-order valence-corrected chi connectivity index (χ4v) is 9.58. The second-order valence-electron chi connectivity index (χ2n) is 14.5. The van der Waals surface area contributed by atoms with Crippen LogP contribution in [0.3, 0.4) is 0 Å². The second kappa shape index (κ2) is 18.4. The van der Waals surface area contributed by atoms with Gasteiger partial charge in [0.15, 0.2) is 5.96 Å². The number of carbonyl (C=O) groups is 4. The molecule has 0 radical (unpaired) electrons. The van der Waals surface area contributed by atoms with E-state index in [1.165, 1.54) is 34.7 Å². The van der Waals surface area contributed by atoms with Gasteiger partial charge in [-0.2, -0.15) is 0 Å². The van der Waals surface area contributed by atoms with E-state index in [0.29, 0.717) is 63.9 Å². The summed E-state index contributed by atoms with van der Waals surface area (Å²) < 4.78 is -1.00. The number of para-hydroxylation sites is 1. The fourth-order valence-electron chi connectivity index (χ4n) is 7.19. The molecule has 1 aliphatic carbocycles. The molecule has 5 rings (SSSR count). The summed E-state index contributed by atoms with van der Waals surface area (Å²) in [6.07, 6.45) is 4.94. The first-order valence-corrected chi connectivity index (χ1v) is 20.7. The Bertz CT molecular complexity index is 1810. The van der Waals surface area contributed by atoms with Crippen LogP contribution in [0, 0.1) is 5.92 Å². The molecular formula is C39H55N9O4S2. The van der Waals surface area contributed by atoms with Crippen LogP contribution < -0.4 is 38.1 Å². The largest absolute Gasteiger partial charge is 0.370 e. The molecule has 0 spiro atoms. The Balaban J connectivity index is 1.21. The molecule has 2 heterocycles. The zero-order valence-electron chi connectivity index (χ0n) is 31.6. The smallest absolute Gasteiger partial charge is 0.243 e. The predicted molar refractivity (Wildman–Crippen MR) is 219 cm³/mol. The number of amides is 4. The van der Waals surface area contributed by atoms with E-state index in [4.69, 9.17) is 11.5 Å². The summed E-state index contributed by atoms with van der Waals surface area (Å²) in [5.41, 5.74) is 15.3. The SMILES string of the molecule is CCNC1(C(=O)NCCSC(CC(C)C)C(=O)N[C@@H](CCCNC(N)=NC)C(=O)NC2S[C@@]2(Cc2c[nH]c3ccccc23)C(N)=O)Cc2ccccc2C1. The van der Waals surface area contributed by atoms with E-state index in [9.17, 15) is 19.2 Å². The van der Waals surface area contributed by atoms with Gasteiger partial charge in [-0.05, 0) is 54.5 Å². The third kappa shape index (κ3) is 9.90. The third-order valence-corrected chi connectivity index (χ3v) is 12.9. The molecule has 0 bridgehead atoms. The molecule has 292 valence electrons. The van der Waals surface area contributed by atoms with Gasteiger partial charge in [0, 0.05) is 62.3 Å². The van der Waals surface area contributed by atoms with Crippen LogP contribution >= 0.6 is 23.5 Å². The lowest BCUT2D eigenvalue weighted by molar-refractivity contribution is -0.129. The van der Waals surface area contributed by atoms with E-state index in [2.05, 4.69) is 62.5 Å². The molecule has 54 heavy (non-hydrogen) atoms. The Morgan fingerprint density at radius 3 is 2.37 bits per heavy atom. The number of nitrogens with zero attached hydrogens (tertiary/aromatic N) is 1. The zero-order valence-corrected chi connectivity index (χ0v) is 33.3. The van der Waals surface area contributed by atoms with Crippen molar-refractivity contribution >= 4 is 64.0 Å². The number of aromatic nitrogens is 1. The minimum Gasteiger partial charge on any atom is -0.370 e. The van der Waals surface area contributed by atoms with Crippen LogP contribution in [0.1, 0.15) is 56.7 Å². The second-order valence-corrected chi connectivity index (χ2v) is 17.3. The van der Waals surface area contributed by atoms with E-state index in [0.717, 1.165) is 16.5 Å². The van der Waals surface area contributed by atoms with Gasteiger partial charge in [0.05, 0.1) is 5.25 Å². The van der Waals surface area contributed by atoms with Gasteiger partial charge in [-0.1, -0.05) is 63.2 Å². The van der Waals surface area contributed by atoms with Crippen molar-refractivity contribution < 1.29 is 19.2 Å². The van der Waals surface area contributed by atoms with Crippen molar-refractivity contribution in [3.05, 3.63) is 71.4 Å². The minimum absolute atomic E-state index is 0.0419. The van der Waals surface area contributed by atoms with Crippen molar-refractivity contribution in [2.24, 2.45) is 22.4 Å². The molecule has 2 aliphatic rings. The lowest BCUT2D eigenvalue weighted by atomic mass is 9.94. The Morgan fingerprint density at radius 1 is 1.00 bits per heavy atom. The van der Waals surface area contributed by atoms with Gasteiger partial charge in [0.1, 0.15) is 21.7 Å². The molecule has 0 saturated carbocycles. The highest BCUT2D eigenvalue weighted by molar-refractivity contribution is 8.09. The third-order valence-electron chi connectivity index (χ3n) is 10.1. The summed E-state index contributed by atoms with van der Waals surface area (Å²) in [6, 6.07) is 15.1. The number of H-pyrrole nitrogens is 1. The van der Waals surface area contributed by atoms with Gasteiger partial charge in [0.25, 0.3) is 0 Å². The van der Waals surface area contributed by atoms with Gasteiger partial charge >= 0.3 is 0 Å². The number of benzene rings is 2. The molecule has 1 aliphatic heterocycles. The van der Waals surface area contributed by atoms with Crippen LogP contribution in [-0.4, -0.2) is 94.0 Å². The standard InChI is InChI=1S/C39H55N9O4S2/c1-5-46-38(20-25-11-6-7-12-26(25)21-38)35(52)43-17-18-53-31(19-24(2)3)33(50)47-30(15-10-16-44-37(41)42-4)32(49)48-36-39(54-36,34(40)51)22-27-23-45-29-14-9-8-13-28(27)29/h6-9,11-14,23-24,30-31,36,45-46H,5,10,15-22H2,1-4H3,(H2,40,51)(H,43,52)(H,47,50)(H,48,49)(H3,41,42,44)/t30-,31?,36?,39-/m0/s1. The van der Waals surface area contributed by atoms with E-state index < -0.39 is 32.9 Å². The van der Waals surface area contributed by atoms with E-state index in [1.807, 2.05) is 49.5 Å². The van der Waals surface area contributed by atoms with Crippen LogP contribution in [0.5, 0.6) is 0 Å². The maximum absolute atomic E-state index is 13.9. The van der Waals surface area contributed by atoms with Crippen LogP contribution in [0.25, 0.3) is 10.9 Å². The summed E-state index contributed by atoms with van der Waals surface area (Å²) in [7, 11) is 1.58. The summed E-state index contributed by atoms with van der Waals surface area (Å²) >= 11 is 2.79. The molecular weight excluding hydrogens is 723 g/mol. The first kappa shape index (κ1) is 41.0. The van der Waals surface area contributed by atoms with Crippen LogP contribution in [0.15, 0.2) is 59.7 Å². The van der Waals surface area contributed by atoms with Crippen molar-refractivity contribution in [3.63, 3.8) is 0 Å². The predicted octanol–water partition coefficient (Wildman–Crippen LogP) is 2.33. The Morgan fingerprint density at radius 2 is 1.70 bits per heavy atom. The summed E-state index contributed by atoms with van der Waals surface area (Å²) in [6.45, 7) is 7.63. The monoisotopic (exact) mass is 777 g/mol. The van der Waals surface area contributed by atoms with Crippen molar-refractivity contribution in [1.82, 2.24) is 31.6 Å². The molecule has 2 unspecified atom stereocenters. The van der Waals surface area contributed by atoms with Crippen LogP contribution in [-0.2, 0) is 38.4 Å². The number of likely N-dealkylation sites (N-methyl/N-ethyl adjacent to an activating group) is 1. The highest BCUT2D eigenvalue weighted by atomic mass is 32.2. The average Bonchev–Trinajstić information content (AvgIpc) is 3.48. The zero-order chi connectivity index (χ0) is 38.9. The number of nitrogens with two attached hydrogens (primary N) is 2. The number of fused-ring (bicyclic) bond motifs is 2. The number of rotatable bonds is 20. The van der Waals surface area contributed by atoms with E-state index in [1.54, 1.807) is 7.05 Å². The molecule has 4 amide bonds. The lowest BCUT2D eigenvalue weighted by Crippen LogP contribution is -2.58. The summed E-state index contributed by atoms with van der Waals surface area (Å²) in [5.74, 6) is -0.152. The number of carbonyl (C=O) groups excluding carboxylic acids is 4. The Kier molecular flexibility index (Phi) is 14.0. The van der Waals surface area contributed by atoms with Gasteiger partial charge in [-0.15, -0.1) is 23.5 Å². The number of guanidine groups is 1. The fraction of sp³-hybridized carbons (Fsp3) is 0.513. The molecule has 13 nitrogen and oxygen atoms in total. The molecule has 3 aromatic rings. The van der Waals surface area contributed by atoms with Gasteiger partial charge in [-0.25, -0.2) is 0 Å². The maximum Gasteiger partial charge on any atom is 0.243 e. The van der Waals surface area contributed by atoms with Crippen molar-refractivity contribution in [2.75, 3.05) is 32.4 Å². The number of hydrogen-bond donors (Lipinski definition) is 8. The first-order chi connectivity index (χ1) is 25.9. The molecule has 4 atom stereocenters. The minimum atomic E-state index is -1.00. The number of aromatic amines is 1. The highest BCUT2D eigenvalue weighted by Gasteiger charge is 2.61. The Hall–Kier alpha value is -4.21. The van der Waals surface area contributed by atoms with Gasteiger partial charge < -0.3 is 43.0 Å². The molecule has 1 saturated heterocycles. The lowest BCUT2D eigenvalue weighted by Gasteiger charge is -2.29. The normalized spacial score (nSPS) is 19.9. The summed E-state index contributed by atoms with van der Waals surface area (Å²) in [5, 5.41) is 15.6. The molecule has 10 N–H and O–H groups in total. The topological polar surface area (TPSA) is 209 Å². The van der Waals surface area contributed by atoms with Crippen molar-refractivity contribution in [3.8, 4) is 0 Å². The Labute approximate surface area is 326 Å². The van der Waals surface area contributed by atoms with E-state index >= 15 is 0 Å². The number of primary amides is 1. The average molecular weight is 778 g/mol. The van der Waals surface area contributed by atoms with Gasteiger partial charge in [0.2, 0.25) is 23.6 Å². The number of nitrogens with one attached hydrogen (secondary N) is 6. The quantitative estimate of drug-likeness (QED) is 0.0366. The molecule has 2 aromatic carbocycles. The molecule has 1 fully saturated rings. The number of aliphatic imine (C=N–C) groups is 1. The molecule has 15 heteroatoms. The van der Waals surface area contributed by atoms with Crippen LogP contribution in [0.4, 0.5) is 0 Å². The van der Waals surface area contributed by atoms with Gasteiger partial charge in [-0.3, -0.25) is 24.2 Å². The highest BCUT2D eigenvalue weighted by Crippen LogP contribution is 2.54. The summed E-state index contributed by atoms with van der Waals surface area (Å²) in [4.78, 5) is 61.3. The van der Waals surface area contributed by atoms with Crippen LogP contribution in [0.2, 0.25) is 0 Å². The van der Waals surface area contributed by atoms with E-state index in [-0.39, 0.29) is 29.6 Å². The number of thioether (sulfide) groups is 2.